The van der Waals surface area contributed by atoms with Crippen LogP contribution in [0.1, 0.15) is 22.3 Å². The summed E-state index contributed by atoms with van der Waals surface area (Å²) in [6.07, 6.45) is 0.966. The van der Waals surface area contributed by atoms with E-state index < -0.39 is 11.7 Å². The van der Waals surface area contributed by atoms with E-state index in [1.165, 1.54) is 12.1 Å². The highest BCUT2D eigenvalue weighted by atomic mass is 19.1. The third kappa shape index (κ3) is 2.53. The Morgan fingerprint density at radius 3 is 2.71 bits per heavy atom. The van der Waals surface area contributed by atoms with E-state index in [1.807, 2.05) is 0 Å². The third-order valence-electron chi connectivity index (χ3n) is 1.94. The summed E-state index contributed by atoms with van der Waals surface area (Å²) in [5, 5.41) is 8.56. The van der Waals surface area contributed by atoms with E-state index in [4.69, 9.17) is 10.8 Å². The van der Waals surface area contributed by atoms with Gasteiger partial charge in [-0.15, -0.1) is 0 Å². The predicted octanol–water partition coefficient (Wildman–Crippen LogP) is 0.850. The number of amides is 1. The van der Waals surface area contributed by atoms with E-state index in [0.29, 0.717) is 18.4 Å². The van der Waals surface area contributed by atoms with Gasteiger partial charge in [-0.3, -0.25) is 4.79 Å². The number of hydrogen-bond donors (Lipinski definition) is 2. The number of aliphatic hydroxyl groups excluding tert-OH is 1. The lowest BCUT2D eigenvalue weighted by Crippen LogP contribution is -2.11. The first-order valence-corrected chi connectivity index (χ1v) is 4.34. The molecule has 0 aliphatic rings. The predicted molar refractivity (Wildman–Crippen MR) is 50.3 cm³/mol. The van der Waals surface area contributed by atoms with Gasteiger partial charge in [0.1, 0.15) is 5.82 Å². The molecule has 0 bridgehead atoms. The average molecular weight is 197 g/mol. The first-order chi connectivity index (χ1) is 6.65. The molecule has 0 aromatic heterocycles. The maximum absolute atomic E-state index is 13.2. The summed E-state index contributed by atoms with van der Waals surface area (Å²) in [5.74, 6) is -1.09. The number of halogens is 1. The quantitative estimate of drug-likeness (QED) is 0.751. The second kappa shape index (κ2) is 4.72. The Hall–Kier alpha value is -1.42. The maximum atomic E-state index is 13.2. The molecule has 0 unspecified atom stereocenters. The van der Waals surface area contributed by atoms with Gasteiger partial charge in [0, 0.05) is 12.2 Å². The summed E-state index contributed by atoms with van der Waals surface area (Å²) in [7, 11) is 0. The summed E-state index contributed by atoms with van der Waals surface area (Å²) in [6.45, 7) is 0.0248. The molecule has 0 fully saturated rings. The fourth-order valence-corrected chi connectivity index (χ4v) is 1.17. The summed E-state index contributed by atoms with van der Waals surface area (Å²) in [5.41, 5.74) is 5.64. The summed E-state index contributed by atoms with van der Waals surface area (Å²) >= 11 is 0. The van der Waals surface area contributed by atoms with Crippen molar-refractivity contribution < 1.29 is 14.3 Å². The smallest absolute Gasteiger partial charge is 0.248 e. The molecule has 1 rings (SSSR count). The van der Waals surface area contributed by atoms with E-state index in [2.05, 4.69) is 0 Å². The molecule has 3 nitrogen and oxygen atoms in total. The first kappa shape index (κ1) is 10.7. The van der Waals surface area contributed by atoms with Crippen molar-refractivity contribution in [3.63, 3.8) is 0 Å². The third-order valence-corrected chi connectivity index (χ3v) is 1.94. The van der Waals surface area contributed by atoms with Crippen molar-refractivity contribution in [2.45, 2.75) is 12.8 Å². The van der Waals surface area contributed by atoms with E-state index in [1.54, 1.807) is 0 Å². The van der Waals surface area contributed by atoms with Gasteiger partial charge in [0.15, 0.2) is 0 Å². The molecule has 0 radical (unpaired) electrons. The molecular weight excluding hydrogens is 185 g/mol. The van der Waals surface area contributed by atoms with E-state index in [-0.39, 0.29) is 12.2 Å². The van der Waals surface area contributed by atoms with Gasteiger partial charge in [0.2, 0.25) is 5.91 Å². The molecule has 0 heterocycles. The van der Waals surface area contributed by atoms with Crippen LogP contribution in [0.3, 0.4) is 0 Å². The zero-order valence-electron chi connectivity index (χ0n) is 7.66. The van der Waals surface area contributed by atoms with Crippen molar-refractivity contribution >= 4 is 5.91 Å². The summed E-state index contributed by atoms with van der Waals surface area (Å²) in [6, 6.07) is 4.12. The Morgan fingerprint density at radius 2 is 2.21 bits per heavy atom. The van der Waals surface area contributed by atoms with Crippen LogP contribution in [0.25, 0.3) is 0 Å². The number of carbonyl (C=O) groups excluding carboxylic acids is 1. The fourth-order valence-electron chi connectivity index (χ4n) is 1.17. The number of carbonyl (C=O) groups is 1. The lowest BCUT2D eigenvalue weighted by molar-refractivity contribution is 0.1000. The zero-order valence-corrected chi connectivity index (χ0v) is 7.66. The Balaban J connectivity index is 2.84. The van der Waals surface area contributed by atoms with Crippen LogP contribution < -0.4 is 5.73 Å². The number of benzene rings is 1. The molecule has 76 valence electrons. The van der Waals surface area contributed by atoms with E-state index >= 15 is 0 Å². The monoisotopic (exact) mass is 197 g/mol. The van der Waals surface area contributed by atoms with E-state index in [9.17, 15) is 9.18 Å². The molecule has 0 saturated carbocycles. The van der Waals surface area contributed by atoms with Gasteiger partial charge in [-0.2, -0.15) is 0 Å². The summed E-state index contributed by atoms with van der Waals surface area (Å²) in [4.78, 5) is 10.7. The molecule has 0 aliphatic heterocycles. The molecule has 1 amide bonds. The zero-order chi connectivity index (χ0) is 10.6. The van der Waals surface area contributed by atoms with E-state index in [0.717, 1.165) is 6.07 Å². The minimum Gasteiger partial charge on any atom is -0.396 e. The van der Waals surface area contributed by atoms with Crippen LogP contribution in [0, 0.1) is 5.82 Å². The molecule has 1 aromatic carbocycles. The van der Waals surface area contributed by atoms with Crippen molar-refractivity contribution in [1.29, 1.82) is 0 Å². The van der Waals surface area contributed by atoms with Crippen molar-refractivity contribution in [2.75, 3.05) is 6.61 Å². The number of aryl methyl sites for hydroxylation is 1. The number of nitrogens with two attached hydrogens (primary N) is 1. The van der Waals surface area contributed by atoms with Crippen LogP contribution in [0.4, 0.5) is 4.39 Å². The lowest BCUT2D eigenvalue weighted by Gasteiger charge is -2.03. The highest BCUT2D eigenvalue weighted by Crippen LogP contribution is 2.11. The molecule has 0 atom stereocenters. The molecule has 0 aliphatic carbocycles. The molecule has 1 aromatic rings. The van der Waals surface area contributed by atoms with Crippen LogP contribution in [-0.4, -0.2) is 17.6 Å². The largest absolute Gasteiger partial charge is 0.396 e. The van der Waals surface area contributed by atoms with Gasteiger partial charge in [-0.1, -0.05) is 6.07 Å². The van der Waals surface area contributed by atoms with Crippen molar-refractivity contribution in [1.82, 2.24) is 0 Å². The van der Waals surface area contributed by atoms with Crippen molar-refractivity contribution in [3.05, 3.63) is 35.1 Å². The van der Waals surface area contributed by atoms with Gasteiger partial charge in [-0.25, -0.2) is 4.39 Å². The minimum absolute atomic E-state index is 0.0248. The van der Waals surface area contributed by atoms with Gasteiger partial charge in [0.05, 0.1) is 0 Å². The second-order valence-corrected chi connectivity index (χ2v) is 3.00. The van der Waals surface area contributed by atoms with Crippen molar-refractivity contribution in [2.24, 2.45) is 5.73 Å². The number of primary amides is 1. The maximum Gasteiger partial charge on any atom is 0.248 e. The number of hydrogen-bond acceptors (Lipinski definition) is 2. The highest BCUT2D eigenvalue weighted by Gasteiger charge is 2.06. The standard InChI is InChI=1S/C10H12FNO2/c11-9-6-8(10(12)14)4-3-7(9)2-1-5-13/h3-4,6,13H,1-2,5H2,(H2,12,14). The average Bonchev–Trinajstić information content (AvgIpc) is 2.15. The second-order valence-electron chi connectivity index (χ2n) is 3.00. The van der Waals surface area contributed by atoms with Gasteiger partial charge in [-0.05, 0) is 30.5 Å². The summed E-state index contributed by atoms with van der Waals surface area (Å²) < 4.78 is 13.2. The molecular formula is C10H12FNO2. The molecule has 3 N–H and O–H groups in total. The van der Waals surface area contributed by atoms with Gasteiger partial charge in [0.25, 0.3) is 0 Å². The SMILES string of the molecule is NC(=O)c1ccc(CCCO)c(F)c1. The molecule has 14 heavy (non-hydrogen) atoms. The van der Waals surface area contributed by atoms with Crippen LogP contribution in [0.5, 0.6) is 0 Å². The topological polar surface area (TPSA) is 63.3 Å². The van der Waals surface area contributed by atoms with Crippen LogP contribution in [0.2, 0.25) is 0 Å². The highest BCUT2D eigenvalue weighted by molar-refractivity contribution is 5.92. The Kier molecular flexibility index (Phi) is 3.59. The number of rotatable bonds is 4. The Bertz CT molecular complexity index is 339. The lowest BCUT2D eigenvalue weighted by atomic mass is 10.1. The minimum atomic E-state index is -0.641. The molecule has 0 saturated heterocycles. The van der Waals surface area contributed by atoms with Gasteiger partial charge >= 0.3 is 0 Å². The Morgan fingerprint density at radius 1 is 1.50 bits per heavy atom. The molecule has 0 spiro atoms. The fraction of sp³-hybridized carbons (Fsp3) is 0.300. The van der Waals surface area contributed by atoms with Gasteiger partial charge < -0.3 is 10.8 Å². The normalized spacial score (nSPS) is 10.1. The first-order valence-electron chi connectivity index (χ1n) is 4.34. The van der Waals surface area contributed by atoms with Crippen LogP contribution in [-0.2, 0) is 6.42 Å². The van der Waals surface area contributed by atoms with Crippen LogP contribution in [0.15, 0.2) is 18.2 Å². The Labute approximate surface area is 81.4 Å². The molecule has 4 heteroatoms. The number of aliphatic hydroxyl groups is 1. The van der Waals surface area contributed by atoms with Crippen molar-refractivity contribution in [3.8, 4) is 0 Å². The van der Waals surface area contributed by atoms with Crippen LogP contribution >= 0.6 is 0 Å².